The normalized spacial score (nSPS) is 20.3. The molecule has 2 N–H and O–H groups in total. The van der Waals surface area contributed by atoms with Gasteiger partial charge in [-0.15, -0.1) is 11.8 Å². The maximum atomic E-state index is 13.5. The van der Waals surface area contributed by atoms with Crippen molar-refractivity contribution in [2.24, 2.45) is 13.0 Å². The Labute approximate surface area is 145 Å². The number of benzene rings is 1. The van der Waals surface area contributed by atoms with E-state index in [-0.39, 0.29) is 23.6 Å². The Bertz CT molecular complexity index is 733. The van der Waals surface area contributed by atoms with Crippen molar-refractivity contribution in [3.63, 3.8) is 0 Å². The van der Waals surface area contributed by atoms with Gasteiger partial charge < -0.3 is 10.6 Å². The SMILES string of the molecule is CSc1ccc(F)cc1CNC(=O)[C@H]1CNC[C@@H]1c1cnn(C)c1. The lowest BCUT2D eigenvalue weighted by atomic mass is 9.90. The molecule has 2 aromatic rings. The highest BCUT2D eigenvalue weighted by molar-refractivity contribution is 7.98. The molecule has 0 aliphatic carbocycles. The third kappa shape index (κ3) is 3.62. The number of aromatic nitrogens is 2. The number of carbonyl (C=O) groups excluding carboxylic acids is 1. The van der Waals surface area contributed by atoms with Gasteiger partial charge in [0.25, 0.3) is 0 Å². The molecule has 1 aromatic carbocycles. The predicted molar refractivity (Wildman–Crippen MR) is 92.3 cm³/mol. The Morgan fingerprint density at radius 2 is 2.33 bits per heavy atom. The summed E-state index contributed by atoms with van der Waals surface area (Å²) in [7, 11) is 1.87. The fourth-order valence-electron chi connectivity index (χ4n) is 3.13. The van der Waals surface area contributed by atoms with Crippen molar-refractivity contribution < 1.29 is 9.18 Å². The third-order valence-corrected chi connectivity index (χ3v) is 5.24. The molecule has 1 aromatic heterocycles. The van der Waals surface area contributed by atoms with Crippen LogP contribution in [-0.2, 0) is 18.4 Å². The summed E-state index contributed by atoms with van der Waals surface area (Å²) in [5.74, 6) is -0.315. The van der Waals surface area contributed by atoms with Crippen molar-refractivity contribution >= 4 is 17.7 Å². The van der Waals surface area contributed by atoms with Crippen LogP contribution in [0.15, 0.2) is 35.5 Å². The van der Waals surface area contributed by atoms with Crippen molar-refractivity contribution in [2.45, 2.75) is 17.4 Å². The summed E-state index contributed by atoms with van der Waals surface area (Å²) in [4.78, 5) is 13.6. The number of hydrogen-bond acceptors (Lipinski definition) is 4. The van der Waals surface area contributed by atoms with Crippen molar-refractivity contribution in [2.75, 3.05) is 19.3 Å². The van der Waals surface area contributed by atoms with E-state index in [0.717, 1.165) is 22.6 Å². The van der Waals surface area contributed by atoms with Crippen LogP contribution in [0.4, 0.5) is 4.39 Å². The van der Waals surface area contributed by atoms with Gasteiger partial charge in [0, 0.05) is 43.7 Å². The maximum absolute atomic E-state index is 13.5. The van der Waals surface area contributed by atoms with E-state index in [2.05, 4.69) is 15.7 Å². The molecule has 1 aliphatic rings. The maximum Gasteiger partial charge on any atom is 0.225 e. The van der Waals surface area contributed by atoms with E-state index in [1.807, 2.05) is 25.7 Å². The molecule has 0 spiro atoms. The van der Waals surface area contributed by atoms with Crippen molar-refractivity contribution in [1.29, 1.82) is 0 Å². The lowest BCUT2D eigenvalue weighted by molar-refractivity contribution is -0.125. The van der Waals surface area contributed by atoms with Gasteiger partial charge in [-0.3, -0.25) is 9.48 Å². The second kappa shape index (κ2) is 7.36. The molecule has 0 saturated carbocycles. The smallest absolute Gasteiger partial charge is 0.225 e. The van der Waals surface area contributed by atoms with Gasteiger partial charge in [-0.2, -0.15) is 5.10 Å². The number of nitrogens with zero attached hydrogens (tertiary/aromatic N) is 2. The van der Waals surface area contributed by atoms with Crippen molar-refractivity contribution in [3.05, 3.63) is 47.5 Å². The number of thioether (sulfide) groups is 1. The number of rotatable bonds is 5. The van der Waals surface area contributed by atoms with Crippen LogP contribution >= 0.6 is 11.8 Å². The highest BCUT2D eigenvalue weighted by atomic mass is 32.2. The minimum Gasteiger partial charge on any atom is -0.352 e. The number of hydrogen-bond donors (Lipinski definition) is 2. The van der Waals surface area contributed by atoms with Gasteiger partial charge in [0.05, 0.1) is 12.1 Å². The minimum absolute atomic E-state index is 0.00910. The molecular weight excluding hydrogens is 327 g/mol. The van der Waals surface area contributed by atoms with Crippen LogP contribution in [0, 0.1) is 11.7 Å². The van der Waals surface area contributed by atoms with Gasteiger partial charge in [-0.05, 0) is 35.6 Å². The van der Waals surface area contributed by atoms with Gasteiger partial charge in [-0.1, -0.05) is 0 Å². The molecule has 24 heavy (non-hydrogen) atoms. The Balaban J connectivity index is 1.67. The van der Waals surface area contributed by atoms with Crippen LogP contribution in [-0.4, -0.2) is 35.0 Å². The van der Waals surface area contributed by atoms with Gasteiger partial charge in [-0.25, -0.2) is 4.39 Å². The highest BCUT2D eigenvalue weighted by Gasteiger charge is 2.34. The molecule has 128 valence electrons. The van der Waals surface area contributed by atoms with Crippen LogP contribution in [0.5, 0.6) is 0 Å². The van der Waals surface area contributed by atoms with Gasteiger partial charge >= 0.3 is 0 Å². The summed E-state index contributed by atoms with van der Waals surface area (Å²) in [5, 5.41) is 10.4. The molecule has 0 unspecified atom stereocenters. The van der Waals surface area contributed by atoms with Gasteiger partial charge in [0.15, 0.2) is 0 Å². The van der Waals surface area contributed by atoms with Gasteiger partial charge in [0.2, 0.25) is 5.91 Å². The van der Waals surface area contributed by atoms with E-state index < -0.39 is 0 Å². The van der Waals surface area contributed by atoms with Crippen LogP contribution in [0.3, 0.4) is 0 Å². The molecule has 1 amide bonds. The molecular formula is C17H21FN4OS. The Hall–Kier alpha value is -1.86. The Kier molecular flexibility index (Phi) is 5.20. The average Bonchev–Trinajstić information content (AvgIpc) is 3.21. The summed E-state index contributed by atoms with van der Waals surface area (Å²) >= 11 is 1.55. The summed E-state index contributed by atoms with van der Waals surface area (Å²) in [6, 6.07) is 4.67. The zero-order valence-electron chi connectivity index (χ0n) is 13.8. The summed E-state index contributed by atoms with van der Waals surface area (Å²) in [6.07, 6.45) is 5.71. The Morgan fingerprint density at radius 1 is 1.50 bits per heavy atom. The van der Waals surface area contributed by atoms with E-state index >= 15 is 0 Å². The molecule has 2 atom stereocenters. The number of aryl methyl sites for hydroxylation is 1. The first kappa shape index (κ1) is 17.0. The topological polar surface area (TPSA) is 59.0 Å². The molecule has 0 radical (unpaired) electrons. The number of amides is 1. The van der Waals surface area contributed by atoms with E-state index in [1.54, 1.807) is 22.5 Å². The van der Waals surface area contributed by atoms with Crippen LogP contribution in [0.25, 0.3) is 0 Å². The molecule has 7 heteroatoms. The second-order valence-corrected chi connectivity index (χ2v) is 6.84. The summed E-state index contributed by atoms with van der Waals surface area (Å²) < 4.78 is 15.2. The summed E-state index contributed by atoms with van der Waals surface area (Å²) in [6.45, 7) is 1.74. The highest BCUT2D eigenvalue weighted by Crippen LogP contribution is 2.28. The molecule has 0 bridgehead atoms. The van der Waals surface area contributed by atoms with Crippen molar-refractivity contribution in [3.8, 4) is 0 Å². The first-order valence-electron chi connectivity index (χ1n) is 7.88. The predicted octanol–water partition coefficient (Wildman–Crippen LogP) is 1.90. The first-order valence-corrected chi connectivity index (χ1v) is 9.10. The Morgan fingerprint density at radius 3 is 3.04 bits per heavy atom. The van der Waals surface area contributed by atoms with Gasteiger partial charge in [0.1, 0.15) is 5.82 Å². The number of nitrogens with one attached hydrogen (secondary N) is 2. The quantitative estimate of drug-likeness (QED) is 0.811. The number of halogens is 1. The largest absolute Gasteiger partial charge is 0.352 e. The third-order valence-electron chi connectivity index (χ3n) is 4.40. The number of carbonyl (C=O) groups is 1. The second-order valence-electron chi connectivity index (χ2n) is 5.99. The standard InChI is InChI=1S/C17H21FN4OS/c1-22-10-12(7-21-22)14-8-19-9-15(14)17(23)20-6-11-5-13(18)3-4-16(11)24-2/h3-5,7,10,14-15,19H,6,8-9H2,1-2H3,(H,20,23)/t14-,15+/m1/s1. The average molecular weight is 348 g/mol. The minimum atomic E-state index is -0.284. The molecule has 1 fully saturated rings. The molecule has 1 aliphatic heterocycles. The zero-order valence-corrected chi connectivity index (χ0v) is 14.6. The molecule has 5 nitrogen and oxygen atoms in total. The van der Waals surface area contributed by atoms with E-state index in [0.29, 0.717) is 13.1 Å². The van der Waals surface area contributed by atoms with Crippen molar-refractivity contribution in [1.82, 2.24) is 20.4 Å². The zero-order chi connectivity index (χ0) is 17.1. The molecule has 3 rings (SSSR count). The molecule has 2 heterocycles. The fourth-order valence-corrected chi connectivity index (χ4v) is 3.73. The fraction of sp³-hybridized carbons (Fsp3) is 0.412. The van der Waals surface area contributed by atoms with E-state index in [9.17, 15) is 9.18 Å². The van der Waals surface area contributed by atoms with Crippen LogP contribution in [0.1, 0.15) is 17.0 Å². The van der Waals surface area contributed by atoms with Crippen LogP contribution < -0.4 is 10.6 Å². The lowest BCUT2D eigenvalue weighted by Gasteiger charge is -2.17. The lowest BCUT2D eigenvalue weighted by Crippen LogP contribution is -2.34. The first-order chi connectivity index (χ1) is 11.6. The van der Waals surface area contributed by atoms with E-state index in [1.165, 1.54) is 12.1 Å². The monoisotopic (exact) mass is 348 g/mol. The van der Waals surface area contributed by atoms with Crippen LogP contribution in [0.2, 0.25) is 0 Å². The molecule has 1 saturated heterocycles. The van der Waals surface area contributed by atoms with E-state index in [4.69, 9.17) is 0 Å². The summed E-state index contributed by atoms with van der Waals surface area (Å²) in [5.41, 5.74) is 1.87.